The SMILES string of the molecule is CCCC(=O)OC(CC(=O)O)(C[N+](C)(C)C)C(=O)C(C)C. The largest absolute Gasteiger partial charge is 0.481 e. The molecule has 1 N–H and O–H groups in total. The first kappa shape index (κ1) is 19.6. The lowest BCUT2D eigenvalue weighted by Gasteiger charge is -2.37. The van der Waals surface area contributed by atoms with Crippen molar-refractivity contribution < 1.29 is 28.7 Å². The van der Waals surface area contributed by atoms with Crippen molar-refractivity contribution in [1.82, 2.24) is 0 Å². The van der Waals surface area contributed by atoms with Crippen molar-refractivity contribution in [3.8, 4) is 0 Å². The second kappa shape index (κ2) is 7.54. The normalized spacial score (nSPS) is 14.6. The van der Waals surface area contributed by atoms with Gasteiger partial charge in [0.05, 0.1) is 27.6 Å². The highest BCUT2D eigenvalue weighted by Gasteiger charge is 2.49. The first-order chi connectivity index (χ1) is 9.43. The molecule has 0 saturated carbocycles. The Morgan fingerprint density at radius 3 is 2.05 bits per heavy atom. The lowest BCUT2D eigenvalue weighted by atomic mass is 9.86. The van der Waals surface area contributed by atoms with E-state index in [-0.39, 0.29) is 18.7 Å². The lowest BCUT2D eigenvalue weighted by Crippen LogP contribution is -2.58. The Morgan fingerprint density at radius 1 is 1.19 bits per heavy atom. The van der Waals surface area contributed by atoms with Crippen molar-refractivity contribution in [2.75, 3.05) is 27.7 Å². The van der Waals surface area contributed by atoms with Gasteiger partial charge in [-0.15, -0.1) is 0 Å². The van der Waals surface area contributed by atoms with Gasteiger partial charge >= 0.3 is 11.9 Å². The van der Waals surface area contributed by atoms with Crippen LogP contribution in [0.1, 0.15) is 40.0 Å². The molecule has 0 bridgehead atoms. The van der Waals surface area contributed by atoms with E-state index in [0.29, 0.717) is 10.9 Å². The molecule has 0 saturated heterocycles. The maximum atomic E-state index is 12.6. The maximum Gasteiger partial charge on any atom is 0.308 e. The minimum atomic E-state index is -1.61. The Kier molecular flexibility index (Phi) is 7.03. The monoisotopic (exact) mass is 302 g/mol. The first-order valence-electron chi connectivity index (χ1n) is 7.22. The number of nitrogens with zero attached hydrogens (tertiary/aromatic N) is 1. The van der Waals surface area contributed by atoms with Crippen LogP contribution in [-0.2, 0) is 19.1 Å². The van der Waals surface area contributed by atoms with Crippen LogP contribution in [0.4, 0.5) is 0 Å². The number of hydrogen-bond acceptors (Lipinski definition) is 4. The number of rotatable bonds is 9. The molecule has 0 fully saturated rings. The molecule has 6 nitrogen and oxygen atoms in total. The zero-order valence-corrected chi connectivity index (χ0v) is 13.9. The number of esters is 1. The number of carbonyl (C=O) groups excluding carboxylic acids is 2. The third kappa shape index (κ3) is 6.71. The number of Topliss-reactive ketones (excluding diaryl/α,β-unsaturated/α-hetero) is 1. The molecule has 122 valence electrons. The average Bonchev–Trinajstić information content (AvgIpc) is 2.24. The molecule has 0 amide bonds. The molecule has 0 spiro atoms. The Hall–Kier alpha value is -1.43. The molecule has 21 heavy (non-hydrogen) atoms. The van der Waals surface area contributed by atoms with E-state index < -0.39 is 29.9 Å². The Labute approximate surface area is 126 Å². The second-order valence-corrected chi connectivity index (χ2v) is 6.76. The quantitative estimate of drug-likeness (QED) is 0.515. The third-order valence-electron chi connectivity index (χ3n) is 2.90. The van der Waals surface area contributed by atoms with E-state index in [1.807, 2.05) is 28.1 Å². The molecule has 1 unspecified atom stereocenters. The molecule has 0 aliphatic carbocycles. The summed E-state index contributed by atoms with van der Waals surface area (Å²) in [5.41, 5.74) is -1.61. The number of hydrogen-bond donors (Lipinski definition) is 1. The van der Waals surface area contributed by atoms with E-state index in [1.165, 1.54) is 0 Å². The zero-order valence-electron chi connectivity index (χ0n) is 13.9. The molecule has 0 heterocycles. The highest BCUT2D eigenvalue weighted by atomic mass is 16.6. The van der Waals surface area contributed by atoms with Crippen molar-refractivity contribution >= 4 is 17.7 Å². The van der Waals surface area contributed by atoms with Gasteiger partial charge in [-0.2, -0.15) is 0 Å². The van der Waals surface area contributed by atoms with Crippen LogP contribution in [0.15, 0.2) is 0 Å². The van der Waals surface area contributed by atoms with Gasteiger partial charge in [-0.25, -0.2) is 0 Å². The number of ether oxygens (including phenoxy) is 1. The standard InChI is InChI=1S/C15H27NO5/c1-7-8-13(19)21-15(9-12(17)18,10-16(4,5)6)14(20)11(2)3/h11H,7-10H2,1-6H3/p+1. The lowest BCUT2D eigenvalue weighted by molar-refractivity contribution is -0.875. The highest BCUT2D eigenvalue weighted by Crippen LogP contribution is 2.26. The van der Waals surface area contributed by atoms with Crippen molar-refractivity contribution in [2.24, 2.45) is 5.92 Å². The number of carboxylic acid groups (broad SMARTS) is 1. The van der Waals surface area contributed by atoms with Crippen molar-refractivity contribution in [2.45, 2.75) is 45.6 Å². The van der Waals surface area contributed by atoms with E-state index >= 15 is 0 Å². The summed E-state index contributed by atoms with van der Waals surface area (Å²) in [6.45, 7) is 5.32. The predicted molar refractivity (Wildman–Crippen MR) is 78.7 cm³/mol. The number of carboxylic acids is 1. The third-order valence-corrected chi connectivity index (χ3v) is 2.90. The number of quaternary nitrogens is 1. The molecular weight excluding hydrogens is 274 g/mol. The minimum Gasteiger partial charge on any atom is -0.481 e. The van der Waals surface area contributed by atoms with Crippen LogP contribution >= 0.6 is 0 Å². The fraction of sp³-hybridized carbons (Fsp3) is 0.800. The fourth-order valence-corrected chi connectivity index (χ4v) is 2.35. The molecule has 0 radical (unpaired) electrons. The molecule has 0 aromatic rings. The van der Waals surface area contributed by atoms with Crippen molar-refractivity contribution in [1.29, 1.82) is 0 Å². The van der Waals surface area contributed by atoms with Crippen LogP contribution in [0.5, 0.6) is 0 Å². The van der Waals surface area contributed by atoms with E-state index in [9.17, 15) is 14.4 Å². The summed E-state index contributed by atoms with van der Waals surface area (Å²) in [6, 6.07) is 0. The number of ketones is 1. The Morgan fingerprint density at radius 2 is 1.71 bits per heavy atom. The van der Waals surface area contributed by atoms with Crippen molar-refractivity contribution in [3.05, 3.63) is 0 Å². The van der Waals surface area contributed by atoms with Crippen LogP contribution in [0.2, 0.25) is 0 Å². The molecule has 1 atom stereocenters. The van der Waals surface area contributed by atoms with E-state index in [1.54, 1.807) is 13.8 Å². The first-order valence-corrected chi connectivity index (χ1v) is 7.22. The van der Waals surface area contributed by atoms with Gasteiger partial charge in [0.25, 0.3) is 0 Å². The molecule has 0 aliphatic heterocycles. The Balaban J connectivity index is 5.65. The average molecular weight is 302 g/mol. The molecular formula is C15H28NO5+. The van der Waals surface area contributed by atoms with E-state index in [0.717, 1.165) is 0 Å². The number of aliphatic carboxylic acids is 1. The summed E-state index contributed by atoms with van der Waals surface area (Å²) in [5, 5.41) is 9.17. The Bertz CT molecular complexity index is 397. The van der Waals surface area contributed by atoms with E-state index in [4.69, 9.17) is 9.84 Å². The van der Waals surface area contributed by atoms with Gasteiger partial charge in [-0.05, 0) is 6.42 Å². The molecule has 0 aromatic heterocycles. The van der Waals surface area contributed by atoms with Crippen LogP contribution in [0.25, 0.3) is 0 Å². The summed E-state index contributed by atoms with van der Waals surface area (Å²) in [4.78, 5) is 35.7. The molecule has 0 aliphatic rings. The highest BCUT2D eigenvalue weighted by molar-refractivity contribution is 5.94. The molecule has 0 rings (SSSR count). The minimum absolute atomic E-state index is 0.131. The smallest absolute Gasteiger partial charge is 0.308 e. The summed E-state index contributed by atoms with van der Waals surface area (Å²) in [5.74, 6) is -2.43. The van der Waals surface area contributed by atoms with Gasteiger partial charge in [0.1, 0.15) is 6.54 Å². The number of carbonyl (C=O) groups is 3. The van der Waals surface area contributed by atoms with Gasteiger partial charge in [0.2, 0.25) is 5.60 Å². The zero-order chi connectivity index (χ0) is 16.8. The van der Waals surface area contributed by atoms with E-state index in [2.05, 4.69) is 0 Å². The van der Waals surface area contributed by atoms with Gasteiger partial charge in [0.15, 0.2) is 5.78 Å². The van der Waals surface area contributed by atoms with Crippen LogP contribution in [-0.4, -0.2) is 60.6 Å². The van der Waals surface area contributed by atoms with Crippen LogP contribution in [0.3, 0.4) is 0 Å². The van der Waals surface area contributed by atoms with Crippen LogP contribution < -0.4 is 0 Å². The number of likely N-dealkylation sites (N-methyl/N-ethyl adjacent to an activating group) is 1. The van der Waals surface area contributed by atoms with Gasteiger partial charge < -0.3 is 14.3 Å². The maximum absolute atomic E-state index is 12.6. The summed E-state index contributed by atoms with van der Waals surface area (Å²) >= 11 is 0. The fourth-order valence-electron chi connectivity index (χ4n) is 2.35. The molecule has 6 heteroatoms. The predicted octanol–water partition coefficient (Wildman–Crippen LogP) is 1.47. The van der Waals surface area contributed by atoms with Gasteiger partial charge in [-0.1, -0.05) is 20.8 Å². The topological polar surface area (TPSA) is 80.7 Å². The summed E-state index contributed by atoms with van der Waals surface area (Å²) in [7, 11) is 5.49. The van der Waals surface area contributed by atoms with Gasteiger partial charge in [0, 0.05) is 12.3 Å². The second-order valence-electron chi connectivity index (χ2n) is 6.76. The van der Waals surface area contributed by atoms with Crippen LogP contribution in [0, 0.1) is 5.92 Å². The van der Waals surface area contributed by atoms with Gasteiger partial charge in [-0.3, -0.25) is 14.4 Å². The summed E-state index contributed by atoms with van der Waals surface area (Å²) in [6.07, 6.45) is 0.251. The summed E-state index contributed by atoms with van der Waals surface area (Å²) < 4.78 is 5.73. The van der Waals surface area contributed by atoms with Crippen molar-refractivity contribution in [3.63, 3.8) is 0 Å². The molecule has 0 aromatic carbocycles.